The van der Waals surface area contributed by atoms with Gasteiger partial charge in [0.2, 0.25) is 0 Å². The number of hydrogen-bond acceptors (Lipinski definition) is 4. The van der Waals surface area contributed by atoms with E-state index in [1.807, 2.05) is 6.92 Å². The molecule has 0 amide bonds. The molecule has 1 aromatic carbocycles. The number of thiazole rings is 1. The van der Waals surface area contributed by atoms with Gasteiger partial charge in [0.15, 0.2) is 4.34 Å². The summed E-state index contributed by atoms with van der Waals surface area (Å²) in [7, 11) is 0. The maximum Gasteiger partial charge on any atom is 0.308 e. The molecule has 0 saturated carbocycles. The molecular weight excluding hydrogens is 290 g/mol. The second-order valence-corrected chi connectivity index (χ2v) is 7.07. The van der Waals surface area contributed by atoms with E-state index < -0.39 is 5.97 Å². The van der Waals surface area contributed by atoms with Crippen LogP contribution < -0.4 is 0 Å². The summed E-state index contributed by atoms with van der Waals surface area (Å²) in [6.45, 7) is 6.09. The third kappa shape index (κ3) is 3.84. The number of benzene rings is 1. The summed E-state index contributed by atoms with van der Waals surface area (Å²) in [5, 5.41) is 8.84. The summed E-state index contributed by atoms with van der Waals surface area (Å²) in [6.07, 6.45) is 0.0632. The van der Waals surface area contributed by atoms with Crippen molar-refractivity contribution in [1.29, 1.82) is 0 Å². The molecule has 0 atom stereocenters. The third-order valence-electron chi connectivity index (χ3n) is 3.12. The Morgan fingerprint density at radius 3 is 2.70 bits per heavy atom. The van der Waals surface area contributed by atoms with E-state index in [9.17, 15) is 4.79 Å². The van der Waals surface area contributed by atoms with Crippen molar-refractivity contribution in [2.24, 2.45) is 0 Å². The van der Waals surface area contributed by atoms with Crippen LogP contribution in [0.4, 0.5) is 0 Å². The molecule has 0 unspecified atom stereocenters. The minimum Gasteiger partial charge on any atom is -0.481 e. The second-order valence-electron chi connectivity index (χ2n) is 4.77. The van der Waals surface area contributed by atoms with E-state index in [0.29, 0.717) is 0 Å². The molecule has 0 aliphatic carbocycles. The molecule has 0 aliphatic rings. The number of aryl methyl sites for hydroxylation is 3. The van der Waals surface area contributed by atoms with Crippen molar-refractivity contribution in [3.63, 3.8) is 0 Å². The van der Waals surface area contributed by atoms with E-state index in [1.54, 1.807) is 11.8 Å². The predicted molar refractivity (Wildman–Crippen MR) is 83.7 cm³/mol. The first-order chi connectivity index (χ1) is 9.45. The third-order valence-corrected chi connectivity index (χ3v) is 5.49. The Kier molecular flexibility index (Phi) is 4.83. The fourth-order valence-electron chi connectivity index (χ4n) is 1.80. The zero-order valence-corrected chi connectivity index (χ0v) is 13.4. The first-order valence-electron chi connectivity index (χ1n) is 6.32. The van der Waals surface area contributed by atoms with E-state index in [4.69, 9.17) is 5.11 Å². The summed E-state index contributed by atoms with van der Waals surface area (Å²) in [5.41, 5.74) is 4.70. The molecule has 0 spiro atoms. The van der Waals surface area contributed by atoms with Crippen LogP contribution in [0, 0.1) is 20.8 Å². The van der Waals surface area contributed by atoms with Crippen LogP contribution in [0.1, 0.15) is 27.3 Å². The first-order valence-corrected chi connectivity index (χ1v) is 8.13. The maximum atomic E-state index is 10.8. The number of thioether (sulfide) groups is 1. The first kappa shape index (κ1) is 15.1. The lowest BCUT2D eigenvalue weighted by Gasteiger charge is -2.03. The van der Waals surface area contributed by atoms with Gasteiger partial charge in [-0.15, -0.1) is 11.3 Å². The fourth-order valence-corrected chi connectivity index (χ4v) is 3.97. The van der Waals surface area contributed by atoms with E-state index in [1.165, 1.54) is 28.0 Å². The highest BCUT2D eigenvalue weighted by Crippen LogP contribution is 2.30. The quantitative estimate of drug-likeness (QED) is 0.849. The van der Waals surface area contributed by atoms with E-state index in [2.05, 4.69) is 37.0 Å². The Balaban J connectivity index is 2.03. The SMILES string of the molecule is Cc1ccc(CSc2nc(C)c(CC(=O)O)s2)cc1C. The molecular formula is C15H17NO2S2. The molecule has 0 saturated heterocycles. The van der Waals surface area contributed by atoms with Gasteiger partial charge in [0.1, 0.15) is 0 Å². The molecule has 2 aromatic rings. The highest BCUT2D eigenvalue weighted by Gasteiger charge is 2.11. The molecule has 1 heterocycles. The summed E-state index contributed by atoms with van der Waals surface area (Å²) in [6, 6.07) is 6.46. The van der Waals surface area contributed by atoms with Crippen molar-refractivity contribution in [3.05, 3.63) is 45.5 Å². The van der Waals surface area contributed by atoms with Gasteiger partial charge in [-0.3, -0.25) is 4.79 Å². The van der Waals surface area contributed by atoms with Crippen LogP contribution >= 0.6 is 23.1 Å². The van der Waals surface area contributed by atoms with Crippen LogP contribution in [-0.4, -0.2) is 16.1 Å². The monoisotopic (exact) mass is 307 g/mol. The molecule has 3 nitrogen and oxygen atoms in total. The molecule has 20 heavy (non-hydrogen) atoms. The van der Waals surface area contributed by atoms with Crippen LogP contribution in [0.5, 0.6) is 0 Å². The number of rotatable bonds is 5. The van der Waals surface area contributed by atoms with Crippen LogP contribution in [0.15, 0.2) is 22.5 Å². The number of carbonyl (C=O) groups is 1. The molecule has 0 radical (unpaired) electrons. The van der Waals surface area contributed by atoms with Gasteiger partial charge >= 0.3 is 5.97 Å². The molecule has 106 valence electrons. The summed E-state index contributed by atoms with van der Waals surface area (Å²) in [5.74, 6) is 0.0584. The van der Waals surface area contributed by atoms with Gasteiger partial charge in [-0.25, -0.2) is 4.98 Å². The van der Waals surface area contributed by atoms with Crippen LogP contribution in [0.25, 0.3) is 0 Å². The zero-order chi connectivity index (χ0) is 14.7. The smallest absolute Gasteiger partial charge is 0.308 e. The minimum absolute atomic E-state index is 0.0632. The van der Waals surface area contributed by atoms with Gasteiger partial charge in [-0.05, 0) is 37.5 Å². The number of nitrogens with zero attached hydrogens (tertiary/aromatic N) is 1. The topological polar surface area (TPSA) is 50.2 Å². The van der Waals surface area contributed by atoms with Crippen LogP contribution in [0.3, 0.4) is 0 Å². The molecule has 5 heteroatoms. The minimum atomic E-state index is -0.803. The summed E-state index contributed by atoms with van der Waals surface area (Å²) >= 11 is 3.15. The fraction of sp³-hybridized carbons (Fsp3) is 0.333. The molecule has 1 N–H and O–H groups in total. The highest BCUT2D eigenvalue weighted by molar-refractivity contribution is 8.00. The Hall–Kier alpha value is -1.33. The number of aromatic nitrogens is 1. The van der Waals surface area contributed by atoms with Crippen molar-refractivity contribution in [2.45, 2.75) is 37.3 Å². The highest BCUT2D eigenvalue weighted by atomic mass is 32.2. The molecule has 1 aromatic heterocycles. The van der Waals surface area contributed by atoms with Gasteiger partial charge < -0.3 is 5.11 Å². The van der Waals surface area contributed by atoms with Crippen molar-refractivity contribution in [1.82, 2.24) is 4.98 Å². The van der Waals surface area contributed by atoms with E-state index in [0.717, 1.165) is 20.7 Å². The Morgan fingerprint density at radius 2 is 2.05 bits per heavy atom. The number of carboxylic acids is 1. The van der Waals surface area contributed by atoms with Crippen molar-refractivity contribution < 1.29 is 9.90 Å². The van der Waals surface area contributed by atoms with Crippen LogP contribution in [0.2, 0.25) is 0 Å². The van der Waals surface area contributed by atoms with Crippen molar-refractivity contribution in [3.8, 4) is 0 Å². The molecule has 0 bridgehead atoms. The van der Waals surface area contributed by atoms with Crippen molar-refractivity contribution in [2.75, 3.05) is 0 Å². The standard InChI is InChI=1S/C15H17NO2S2/c1-9-4-5-12(6-10(9)2)8-19-15-16-11(3)13(20-15)7-14(17)18/h4-6H,7-8H2,1-3H3,(H,17,18). The molecule has 0 fully saturated rings. The van der Waals surface area contributed by atoms with Gasteiger partial charge in [-0.2, -0.15) is 0 Å². The maximum absolute atomic E-state index is 10.8. The second kappa shape index (κ2) is 6.41. The lowest BCUT2D eigenvalue weighted by Crippen LogP contribution is -1.99. The van der Waals surface area contributed by atoms with E-state index in [-0.39, 0.29) is 6.42 Å². The lowest BCUT2D eigenvalue weighted by molar-refractivity contribution is -0.136. The van der Waals surface area contributed by atoms with E-state index >= 15 is 0 Å². The average molecular weight is 307 g/mol. The Morgan fingerprint density at radius 1 is 1.30 bits per heavy atom. The number of carboxylic acid groups (broad SMARTS) is 1. The Labute approximate surface area is 127 Å². The number of hydrogen-bond donors (Lipinski definition) is 1. The normalized spacial score (nSPS) is 10.8. The van der Waals surface area contributed by atoms with Gasteiger partial charge in [0.05, 0.1) is 12.1 Å². The van der Waals surface area contributed by atoms with Gasteiger partial charge in [-0.1, -0.05) is 30.0 Å². The summed E-state index contributed by atoms with van der Waals surface area (Å²) in [4.78, 5) is 16.0. The average Bonchev–Trinajstić information content (AvgIpc) is 2.71. The summed E-state index contributed by atoms with van der Waals surface area (Å²) < 4.78 is 0.942. The molecule has 2 rings (SSSR count). The Bertz CT molecular complexity index is 635. The number of aliphatic carboxylic acids is 1. The van der Waals surface area contributed by atoms with Crippen molar-refractivity contribution >= 4 is 29.1 Å². The lowest BCUT2D eigenvalue weighted by atomic mass is 10.1. The van der Waals surface area contributed by atoms with Gasteiger partial charge in [0.25, 0.3) is 0 Å². The zero-order valence-electron chi connectivity index (χ0n) is 11.8. The largest absolute Gasteiger partial charge is 0.481 e. The molecule has 0 aliphatic heterocycles. The van der Waals surface area contributed by atoms with Crippen LogP contribution in [-0.2, 0) is 17.0 Å². The van der Waals surface area contributed by atoms with Gasteiger partial charge in [0, 0.05) is 10.6 Å². The predicted octanol–water partition coefficient (Wildman–Crippen LogP) is 3.99.